The Hall–Kier alpha value is -1.54. The Balaban J connectivity index is 2.05. The fourth-order valence-corrected chi connectivity index (χ4v) is 5.47. The molecule has 2 aromatic carbocycles. The van der Waals surface area contributed by atoms with Gasteiger partial charge in [-0.05, 0) is 78.6 Å². The minimum absolute atomic E-state index is 0.273. The van der Waals surface area contributed by atoms with Crippen LogP contribution in [0.3, 0.4) is 0 Å². The van der Waals surface area contributed by atoms with Crippen molar-refractivity contribution in [1.82, 2.24) is 4.90 Å². The lowest BCUT2D eigenvalue weighted by atomic mass is 9.56. The number of benzene rings is 2. The molecule has 1 unspecified atom stereocenters. The Bertz CT molecular complexity index is 726. The zero-order chi connectivity index (χ0) is 18.1. The number of nitrogens with zero attached hydrogens (tertiary/aromatic N) is 1. The lowest BCUT2D eigenvalue weighted by Gasteiger charge is -2.37. The molecule has 0 aromatic heterocycles. The summed E-state index contributed by atoms with van der Waals surface area (Å²) in [6, 6.07) is 9.52. The fourth-order valence-electron chi connectivity index (χ4n) is 5.47. The molecule has 0 N–H and O–H groups in total. The quantitative estimate of drug-likeness (QED) is 0.760. The van der Waals surface area contributed by atoms with Gasteiger partial charge in [0, 0.05) is 7.28 Å². The summed E-state index contributed by atoms with van der Waals surface area (Å²) in [4.78, 5) is 2.78. The number of rotatable bonds is 4. The van der Waals surface area contributed by atoms with Gasteiger partial charge >= 0.3 is 0 Å². The molecular formula is C23H33BN-. The first-order valence-electron chi connectivity index (χ1n) is 10.1. The van der Waals surface area contributed by atoms with E-state index in [-0.39, 0.29) is 7.28 Å². The van der Waals surface area contributed by atoms with Crippen LogP contribution in [0, 0.1) is 41.5 Å². The fraction of sp³-hybridized carbons (Fsp3) is 0.478. The molecule has 1 aliphatic rings. The van der Waals surface area contributed by atoms with E-state index in [1.807, 2.05) is 0 Å². The summed E-state index contributed by atoms with van der Waals surface area (Å²) in [6.45, 7) is 16.2. The van der Waals surface area contributed by atoms with Crippen LogP contribution in [-0.4, -0.2) is 25.3 Å². The summed E-state index contributed by atoms with van der Waals surface area (Å²) in [5, 5.41) is 0. The highest BCUT2D eigenvalue weighted by molar-refractivity contribution is 6.56. The summed E-state index contributed by atoms with van der Waals surface area (Å²) < 4.78 is 0. The maximum absolute atomic E-state index is 2.78. The second-order valence-corrected chi connectivity index (χ2v) is 8.54. The molecule has 1 heterocycles. The minimum atomic E-state index is -0.273. The van der Waals surface area contributed by atoms with Crippen molar-refractivity contribution in [2.24, 2.45) is 0 Å². The summed E-state index contributed by atoms with van der Waals surface area (Å²) in [5.74, 6) is 0.628. The van der Waals surface area contributed by atoms with Crippen LogP contribution < -0.4 is 5.46 Å². The van der Waals surface area contributed by atoms with Gasteiger partial charge in [0.2, 0.25) is 0 Å². The van der Waals surface area contributed by atoms with Crippen LogP contribution in [0.1, 0.15) is 57.7 Å². The van der Waals surface area contributed by atoms with Gasteiger partial charge in [-0.15, -0.1) is 0 Å². The van der Waals surface area contributed by atoms with E-state index in [0.29, 0.717) is 5.94 Å². The van der Waals surface area contributed by atoms with Gasteiger partial charge in [-0.1, -0.05) is 58.0 Å². The van der Waals surface area contributed by atoms with E-state index in [2.05, 4.69) is 70.7 Å². The molecule has 0 aliphatic carbocycles. The molecule has 0 amide bonds. The Morgan fingerprint density at radius 1 is 0.720 bits per heavy atom. The molecule has 25 heavy (non-hydrogen) atoms. The third kappa shape index (κ3) is 3.85. The van der Waals surface area contributed by atoms with E-state index in [1.165, 1.54) is 59.3 Å². The van der Waals surface area contributed by atoms with Gasteiger partial charge in [0.05, 0.1) is 0 Å². The van der Waals surface area contributed by atoms with Crippen LogP contribution in [0.25, 0.3) is 0 Å². The van der Waals surface area contributed by atoms with Gasteiger partial charge in [-0.25, -0.2) is 5.46 Å². The van der Waals surface area contributed by atoms with Crippen molar-refractivity contribution in [2.75, 3.05) is 13.1 Å². The van der Waals surface area contributed by atoms with Crippen LogP contribution in [0.5, 0.6) is 0 Å². The van der Waals surface area contributed by atoms with Gasteiger partial charge in [0.1, 0.15) is 0 Å². The van der Waals surface area contributed by atoms with Crippen LogP contribution in [0.4, 0.5) is 0 Å². The second kappa shape index (κ2) is 7.37. The van der Waals surface area contributed by atoms with E-state index < -0.39 is 0 Å². The monoisotopic (exact) mass is 334 g/mol. The largest absolute Gasteiger partial charge is 0.331 e. The first kappa shape index (κ1) is 18.3. The highest BCUT2D eigenvalue weighted by atomic mass is 15.2. The molecule has 2 aromatic rings. The smallest absolute Gasteiger partial charge is 0.0210 e. The van der Waals surface area contributed by atoms with Crippen molar-refractivity contribution in [1.29, 1.82) is 0 Å². The Labute approximate surface area is 154 Å². The van der Waals surface area contributed by atoms with Crippen LogP contribution >= 0.6 is 0 Å². The lowest BCUT2D eigenvalue weighted by Crippen LogP contribution is -2.38. The molecule has 0 radical (unpaired) electrons. The predicted molar refractivity (Wildman–Crippen MR) is 113 cm³/mol. The summed E-state index contributed by atoms with van der Waals surface area (Å²) in [7, 11) is -0.273. The molecule has 0 saturated carbocycles. The lowest BCUT2D eigenvalue weighted by molar-refractivity contribution is 0.312. The van der Waals surface area contributed by atoms with Gasteiger partial charge in [0.25, 0.3) is 0 Å². The van der Waals surface area contributed by atoms with Crippen molar-refractivity contribution in [3.8, 4) is 0 Å². The van der Waals surface area contributed by atoms with Gasteiger partial charge in [-0.2, -0.15) is 0 Å². The second-order valence-electron chi connectivity index (χ2n) is 8.54. The maximum Gasteiger partial charge on any atom is 0.0210 e. The highest BCUT2D eigenvalue weighted by Gasteiger charge is 2.23. The Kier molecular flexibility index (Phi) is 5.39. The standard InChI is InChI=1S/C23H33BN/c1-15-11-17(3)21(18(4)12-15)23(25-9-7-8-10-25)24-22-19(5)13-16(2)14-20(22)6/h11-14,23H,7-10,24H2,1-6H3/q-1. The molecule has 3 rings (SSSR count). The molecule has 1 nitrogen and oxygen atoms in total. The summed E-state index contributed by atoms with van der Waals surface area (Å²) in [6.07, 6.45) is 2.72. The third-order valence-electron chi connectivity index (χ3n) is 6.48. The molecule has 134 valence electrons. The van der Waals surface area contributed by atoms with E-state index >= 15 is 0 Å². The molecule has 1 aliphatic heterocycles. The number of aryl methyl sites for hydroxylation is 6. The summed E-state index contributed by atoms with van der Waals surface area (Å²) >= 11 is 0. The molecule has 2 heteroatoms. The topological polar surface area (TPSA) is 3.24 Å². The van der Waals surface area contributed by atoms with E-state index in [0.717, 1.165) is 0 Å². The Morgan fingerprint density at radius 2 is 1.16 bits per heavy atom. The van der Waals surface area contributed by atoms with Crippen LogP contribution in [0.2, 0.25) is 0 Å². The zero-order valence-electron chi connectivity index (χ0n) is 17.2. The normalized spacial score (nSPS) is 16.4. The Morgan fingerprint density at radius 3 is 1.64 bits per heavy atom. The average molecular weight is 334 g/mol. The number of hydrogen-bond donors (Lipinski definition) is 0. The maximum atomic E-state index is 2.78. The first-order valence-corrected chi connectivity index (χ1v) is 10.1. The zero-order valence-corrected chi connectivity index (χ0v) is 17.2. The average Bonchev–Trinajstić information content (AvgIpc) is 3.01. The molecular weight excluding hydrogens is 301 g/mol. The summed E-state index contributed by atoms with van der Waals surface area (Å²) in [5.41, 5.74) is 12.1. The molecule has 1 atom stereocenters. The van der Waals surface area contributed by atoms with E-state index in [4.69, 9.17) is 0 Å². The SMILES string of the molecule is Cc1cc(C)c([BH2-]C(c2c(C)cc(C)cc2C)N2CCCC2)c(C)c1. The van der Waals surface area contributed by atoms with Crippen molar-refractivity contribution >= 4 is 12.7 Å². The van der Waals surface area contributed by atoms with Crippen LogP contribution in [-0.2, 0) is 0 Å². The van der Waals surface area contributed by atoms with Crippen LogP contribution in [0.15, 0.2) is 24.3 Å². The molecule has 0 spiro atoms. The van der Waals surface area contributed by atoms with Crippen molar-refractivity contribution in [3.63, 3.8) is 0 Å². The number of hydrogen-bond acceptors (Lipinski definition) is 1. The van der Waals surface area contributed by atoms with E-state index in [9.17, 15) is 0 Å². The highest BCUT2D eigenvalue weighted by Crippen LogP contribution is 2.30. The van der Waals surface area contributed by atoms with Crippen molar-refractivity contribution in [2.45, 2.75) is 60.3 Å². The van der Waals surface area contributed by atoms with Crippen molar-refractivity contribution < 1.29 is 0 Å². The van der Waals surface area contributed by atoms with Gasteiger partial charge in [-0.3, -0.25) is 0 Å². The first-order chi connectivity index (χ1) is 11.9. The minimum Gasteiger partial charge on any atom is -0.331 e. The molecule has 0 bridgehead atoms. The molecule has 1 saturated heterocycles. The third-order valence-corrected chi connectivity index (χ3v) is 6.48. The number of likely N-dealkylation sites (tertiary alicyclic amines) is 1. The van der Waals surface area contributed by atoms with E-state index in [1.54, 1.807) is 11.0 Å². The van der Waals surface area contributed by atoms with Gasteiger partial charge in [0.15, 0.2) is 0 Å². The predicted octanol–water partition coefficient (Wildman–Crippen LogP) is 4.13. The van der Waals surface area contributed by atoms with Gasteiger partial charge < -0.3 is 4.90 Å². The van der Waals surface area contributed by atoms with Crippen molar-refractivity contribution in [3.05, 3.63) is 63.2 Å². The molecule has 1 fully saturated rings.